The zero-order valence-electron chi connectivity index (χ0n) is 10.7. The second kappa shape index (κ2) is 5.47. The number of benzene rings is 1. The third-order valence-electron chi connectivity index (χ3n) is 4.08. The van der Waals surface area contributed by atoms with Crippen LogP contribution in [0.5, 0.6) is 5.75 Å². The Labute approximate surface area is 113 Å². The first-order valence-electron chi connectivity index (χ1n) is 6.34. The lowest BCUT2D eigenvalue weighted by Crippen LogP contribution is -2.34. The molecule has 18 heavy (non-hydrogen) atoms. The maximum atomic E-state index is 10.6. The van der Waals surface area contributed by atoms with Crippen molar-refractivity contribution in [1.82, 2.24) is 0 Å². The third-order valence-corrected chi connectivity index (χ3v) is 4.37. The molecule has 3 N–H and O–H groups in total. The summed E-state index contributed by atoms with van der Waals surface area (Å²) in [7, 11) is 1.58. The summed E-state index contributed by atoms with van der Waals surface area (Å²) in [4.78, 5) is 0. The number of aliphatic hydroxyl groups is 1. The zero-order chi connectivity index (χ0) is 13.2. The van der Waals surface area contributed by atoms with Gasteiger partial charge in [-0.15, -0.1) is 0 Å². The molecule has 0 saturated heterocycles. The van der Waals surface area contributed by atoms with Gasteiger partial charge in [0, 0.05) is 12.0 Å². The molecule has 0 radical (unpaired) electrons. The summed E-state index contributed by atoms with van der Waals surface area (Å²) in [6.45, 7) is 0.512. The van der Waals surface area contributed by atoms with Crippen molar-refractivity contribution < 1.29 is 9.84 Å². The van der Waals surface area contributed by atoms with E-state index in [1.807, 2.05) is 6.07 Å². The van der Waals surface area contributed by atoms with E-state index in [9.17, 15) is 5.11 Å². The average Bonchev–Trinajstić information content (AvgIpc) is 2.87. The first kappa shape index (κ1) is 13.7. The van der Waals surface area contributed by atoms with E-state index in [0.29, 0.717) is 17.3 Å². The minimum Gasteiger partial charge on any atom is -0.495 e. The van der Waals surface area contributed by atoms with Gasteiger partial charge in [-0.25, -0.2) is 0 Å². The van der Waals surface area contributed by atoms with E-state index in [1.54, 1.807) is 19.2 Å². The molecule has 1 aliphatic rings. The molecule has 2 rings (SSSR count). The summed E-state index contributed by atoms with van der Waals surface area (Å²) in [5.74, 6) is 0.626. The van der Waals surface area contributed by atoms with E-state index in [2.05, 4.69) is 0 Å². The Balaban J connectivity index is 2.27. The lowest BCUT2D eigenvalue weighted by Gasteiger charge is -2.33. The highest BCUT2D eigenvalue weighted by Crippen LogP contribution is 2.47. The van der Waals surface area contributed by atoms with Gasteiger partial charge >= 0.3 is 0 Å². The van der Waals surface area contributed by atoms with E-state index < -0.39 is 6.10 Å². The van der Waals surface area contributed by atoms with Crippen LogP contribution in [0.15, 0.2) is 18.2 Å². The van der Waals surface area contributed by atoms with Crippen molar-refractivity contribution in [3.8, 4) is 5.75 Å². The largest absolute Gasteiger partial charge is 0.495 e. The first-order chi connectivity index (χ1) is 8.63. The molecule has 1 saturated carbocycles. The maximum Gasteiger partial charge on any atom is 0.137 e. The van der Waals surface area contributed by atoms with Crippen molar-refractivity contribution in [2.45, 2.75) is 31.8 Å². The Morgan fingerprint density at radius 2 is 2.11 bits per heavy atom. The van der Waals surface area contributed by atoms with E-state index in [0.717, 1.165) is 31.2 Å². The molecule has 1 unspecified atom stereocenters. The van der Waals surface area contributed by atoms with Gasteiger partial charge < -0.3 is 15.6 Å². The van der Waals surface area contributed by atoms with Crippen molar-refractivity contribution in [2.75, 3.05) is 13.7 Å². The molecule has 0 amide bonds. The minimum absolute atomic E-state index is 0.183. The van der Waals surface area contributed by atoms with E-state index in [-0.39, 0.29) is 5.41 Å². The van der Waals surface area contributed by atoms with Gasteiger partial charge in [-0.3, -0.25) is 0 Å². The Morgan fingerprint density at radius 1 is 1.44 bits per heavy atom. The molecule has 1 aliphatic carbocycles. The molecule has 1 fully saturated rings. The Hall–Kier alpha value is -0.770. The normalized spacial score (nSPS) is 19.8. The molecule has 0 aromatic heterocycles. The number of ether oxygens (including phenoxy) is 1. The number of nitrogens with two attached hydrogens (primary N) is 1. The van der Waals surface area contributed by atoms with Gasteiger partial charge in [0.25, 0.3) is 0 Å². The predicted molar refractivity (Wildman–Crippen MR) is 72.9 cm³/mol. The topological polar surface area (TPSA) is 55.5 Å². The molecule has 1 aromatic carbocycles. The minimum atomic E-state index is -0.548. The molecular weight excluding hydrogens is 250 g/mol. The molecule has 0 aliphatic heterocycles. The van der Waals surface area contributed by atoms with Crippen LogP contribution in [0.25, 0.3) is 0 Å². The van der Waals surface area contributed by atoms with Gasteiger partial charge in [0.1, 0.15) is 5.75 Å². The van der Waals surface area contributed by atoms with Crippen molar-refractivity contribution in [2.24, 2.45) is 11.1 Å². The number of aliphatic hydroxyl groups excluding tert-OH is 1. The molecule has 1 aromatic rings. The summed E-state index contributed by atoms with van der Waals surface area (Å²) < 4.78 is 5.12. The van der Waals surface area contributed by atoms with Crippen LogP contribution < -0.4 is 10.5 Å². The molecule has 4 heteroatoms. The quantitative estimate of drug-likeness (QED) is 0.884. The van der Waals surface area contributed by atoms with E-state index in [1.165, 1.54) is 0 Å². The number of methoxy groups -OCH3 is 1. The van der Waals surface area contributed by atoms with Crippen LogP contribution in [-0.4, -0.2) is 18.8 Å². The highest BCUT2D eigenvalue weighted by atomic mass is 35.5. The summed E-state index contributed by atoms with van der Waals surface area (Å²) in [5.41, 5.74) is 6.53. The van der Waals surface area contributed by atoms with Crippen LogP contribution in [0.3, 0.4) is 0 Å². The van der Waals surface area contributed by atoms with Crippen molar-refractivity contribution in [3.63, 3.8) is 0 Å². The fraction of sp³-hybridized carbons (Fsp3) is 0.571. The lowest BCUT2D eigenvalue weighted by atomic mass is 9.77. The fourth-order valence-corrected chi connectivity index (χ4v) is 3.14. The van der Waals surface area contributed by atoms with Gasteiger partial charge in [-0.2, -0.15) is 0 Å². The Morgan fingerprint density at radius 3 is 2.61 bits per heavy atom. The number of rotatable bonds is 4. The van der Waals surface area contributed by atoms with Crippen LogP contribution >= 0.6 is 11.6 Å². The predicted octanol–water partition coefficient (Wildman–Crippen LogP) is 2.90. The van der Waals surface area contributed by atoms with Crippen LogP contribution in [0.1, 0.15) is 37.4 Å². The summed E-state index contributed by atoms with van der Waals surface area (Å²) in [6.07, 6.45) is 3.69. The van der Waals surface area contributed by atoms with Gasteiger partial charge in [0.15, 0.2) is 0 Å². The molecule has 3 nitrogen and oxygen atoms in total. The molecule has 100 valence electrons. The number of halogens is 1. The van der Waals surface area contributed by atoms with E-state index >= 15 is 0 Å². The van der Waals surface area contributed by atoms with Crippen LogP contribution in [-0.2, 0) is 0 Å². The van der Waals surface area contributed by atoms with Crippen molar-refractivity contribution in [1.29, 1.82) is 0 Å². The average molecular weight is 270 g/mol. The molecule has 1 atom stereocenters. The summed E-state index contributed by atoms with van der Waals surface area (Å²) >= 11 is 6.10. The first-order valence-corrected chi connectivity index (χ1v) is 6.72. The highest BCUT2D eigenvalue weighted by Gasteiger charge is 2.40. The standard InChI is InChI=1S/C14H20ClNO2/c1-18-12-5-4-10(8-11(12)15)13(17)14(9-16)6-2-3-7-14/h4-5,8,13,17H,2-3,6-7,9,16H2,1H3. The van der Waals surface area contributed by atoms with E-state index in [4.69, 9.17) is 22.1 Å². The molecule has 0 bridgehead atoms. The molecular formula is C14H20ClNO2. The maximum absolute atomic E-state index is 10.6. The molecule has 0 heterocycles. The SMILES string of the molecule is COc1ccc(C(O)C2(CN)CCCC2)cc1Cl. The second-order valence-electron chi connectivity index (χ2n) is 5.07. The monoisotopic (exact) mass is 269 g/mol. The van der Waals surface area contributed by atoms with Crippen LogP contribution in [0.2, 0.25) is 5.02 Å². The smallest absolute Gasteiger partial charge is 0.137 e. The summed E-state index contributed by atoms with van der Waals surface area (Å²) in [6, 6.07) is 5.44. The second-order valence-corrected chi connectivity index (χ2v) is 5.48. The van der Waals surface area contributed by atoms with Gasteiger partial charge in [-0.05, 0) is 30.5 Å². The van der Waals surface area contributed by atoms with Gasteiger partial charge in [0.2, 0.25) is 0 Å². The van der Waals surface area contributed by atoms with Crippen molar-refractivity contribution >= 4 is 11.6 Å². The highest BCUT2D eigenvalue weighted by molar-refractivity contribution is 6.32. The number of hydrogen-bond acceptors (Lipinski definition) is 3. The summed E-state index contributed by atoms with van der Waals surface area (Å²) in [5, 5.41) is 11.1. The zero-order valence-corrected chi connectivity index (χ0v) is 11.4. The molecule has 0 spiro atoms. The van der Waals surface area contributed by atoms with Gasteiger partial charge in [0.05, 0.1) is 18.2 Å². The third kappa shape index (κ3) is 2.35. The van der Waals surface area contributed by atoms with Crippen LogP contribution in [0.4, 0.5) is 0 Å². The lowest BCUT2D eigenvalue weighted by molar-refractivity contribution is 0.0333. The van der Waals surface area contributed by atoms with Crippen molar-refractivity contribution in [3.05, 3.63) is 28.8 Å². The number of hydrogen-bond donors (Lipinski definition) is 2. The van der Waals surface area contributed by atoms with Crippen LogP contribution in [0, 0.1) is 5.41 Å². The van der Waals surface area contributed by atoms with Gasteiger partial charge in [-0.1, -0.05) is 30.5 Å². The Kier molecular flexibility index (Phi) is 4.15. The Bertz CT molecular complexity index is 416. The fourth-order valence-electron chi connectivity index (χ4n) is 2.87.